The molecule has 2 nitrogen and oxygen atoms in total. The van der Waals surface area contributed by atoms with Gasteiger partial charge in [0.15, 0.2) is 0 Å². The van der Waals surface area contributed by atoms with Crippen molar-refractivity contribution in [2.24, 2.45) is 0 Å². The van der Waals surface area contributed by atoms with Crippen LogP contribution in [0.5, 0.6) is 0 Å². The molecule has 0 unspecified atom stereocenters. The Balaban J connectivity index is 2.54. The summed E-state index contributed by atoms with van der Waals surface area (Å²) in [6.07, 6.45) is 0. The maximum absolute atomic E-state index is 5.91. The number of benzene rings is 2. The fraction of sp³-hybridized carbons (Fsp3) is 0.222. The van der Waals surface area contributed by atoms with E-state index < -0.39 is 0 Å². The Bertz CT molecular complexity index is 495. The number of nitrogens with one attached hydrogen (secondary N) is 1. The number of hydrogen-bond acceptors (Lipinski definition) is 2. The third-order valence-corrected chi connectivity index (χ3v) is 2.97. The summed E-state index contributed by atoms with van der Waals surface area (Å²) < 4.78 is 5.91. The van der Waals surface area contributed by atoms with E-state index in [1.165, 1.54) is 0 Å². The summed E-state index contributed by atoms with van der Waals surface area (Å²) >= 11 is 0. The van der Waals surface area contributed by atoms with Crippen molar-refractivity contribution in [2.45, 2.75) is 13.8 Å². The van der Waals surface area contributed by atoms with Crippen molar-refractivity contribution in [1.29, 1.82) is 0 Å². The summed E-state index contributed by atoms with van der Waals surface area (Å²) in [7, 11) is 0. The first-order chi connectivity index (χ1) is 9.86. The van der Waals surface area contributed by atoms with Gasteiger partial charge in [0.05, 0.1) is 12.3 Å². The summed E-state index contributed by atoms with van der Waals surface area (Å²) in [6.45, 7) is 5.61. The number of ether oxygens (including phenoxy) is 1. The topological polar surface area (TPSA) is 21.3 Å². The Morgan fingerprint density at radius 3 is 1.90 bits per heavy atom. The van der Waals surface area contributed by atoms with Gasteiger partial charge in [0.25, 0.3) is 0 Å². The van der Waals surface area contributed by atoms with Crippen molar-refractivity contribution < 1.29 is 4.74 Å². The molecule has 0 aliphatic rings. The van der Waals surface area contributed by atoms with E-state index in [0.717, 1.165) is 29.1 Å². The van der Waals surface area contributed by atoms with Gasteiger partial charge < -0.3 is 10.1 Å². The van der Waals surface area contributed by atoms with Crippen LogP contribution in [0.15, 0.2) is 60.7 Å². The molecule has 0 aromatic heterocycles. The van der Waals surface area contributed by atoms with Crippen LogP contribution in [0.1, 0.15) is 25.0 Å². The standard InChI is InChI=1S/C18H21NO/c1-3-19-17(15-11-7-5-8-12-15)18(20-4-2)16-13-9-6-10-14-16/h5-14,19H,3-4H2,1-2H3. The third kappa shape index (κ3) is 3.41. The van der Waals surface area contributed by atoms with Gasteiger partial charge in [0.1, 0.15) is 5.76 Å². The first kappa shape index (κ1) is 14.2. The van der Waals surface area contributed by atoms with Crippen LogP contribution in [0.2, 0.25) is 0 Å². The highest BCUT2D eigenvalue weighted by atomic mass is 16.5. The van der Waals surface area contributed by atoms with E-state index in [9.17, 15) is 0 Å². The summed E-state index contributed by atoms with van der Waals surface area (Å²) in [5.74, 6) is 0.904. The lowest BCUT2D eigenvalue weighted by Crippen LogP contribution is -2.14. The molecule has 1 N–H and O–H groups in total. The highest BCUT2D eigenvalue weighted by Gasteiger charge is 2.12. The van der Waals surface area contributed by atoms with E-state index in [0.29, 0.717) is 6.61 Å². The van der Waals surface area contributed by atoms with Crippen LogP contribution in [0.3, 0.4) is 0 Å². The molecule has 0 saturated carbocycles. The monoisotopic (exact) mass is 267 g/mol. The SMILES string of the molecule is CCNC(=C(OCC)c1ccccc1)c1ccccc1. The molecule has 104 valence electrons. The van der Waals surface area contributed by atoms with E-state index >= 15 is 0 Å². The van der Waals surface area contributed by atoms with Crippen LogP contribution in [0, 0.1) is 0 Å². The second kappa shape index (κ2) is 7.39. The second-order valence-electron chi connectivity index (χ2n) is 4.40. The second-order valence-corrected chi connectivity index (χ2v) is 4.40. The zero-order valence-corrected chi connectivity index (χ0v) is 12.1. The molecule has 0 bridgehead atoms. The molecule has 2 aromatic carbocycles. The van der Waals surface area contributed by atoms with E-state index in [4.69, 9.17) is 4.74 Å². The van der Waals surface area contributed by atoms with Crippen LogP contribution in [0.4, 0.5) is 0 Å². The van der Waals surface area contributed by atoms with Crippen molar-refractivity contribution in [1.82, 2.24) is 5.32 Å². The lowest BCUT2D eigenvalue weighted by Gasteiger charge is -2.17. The maximum atomic E-state index is 5.91. The quantitative estimate of drug-likeness (QED) is 0.627. The first-order valence-electron chi connectivity index (χ1n) is 7.08. The molecule has 2 aromatic rings. The molecule has 0 saturated heterocycles. The van der Waals surface area contributed by atoms with Crippen molar-refractivity contribution >= 4 is 11.5 Å². The molecule has 2 heteroatoms. The van der Waals surface area contributed by atoms with E-state index in [1.54, 1.807) is 0 Å². The van der Waals surface area contributed by atoms with Crippen molar-refractivity contribution in [3.05, 3.63) is 71.8 Å². The highest BCUT2D eigenvalue weighted by molar-refractivity contribution is 5.86. The van der Waals surface area contributed by atoms with Crippen LogP contribution in [-0.2, 0) is 4.74 Å². The molecule has 0 radical (unpaired) electrons. The normalized spacial score (nSPS) is 11.7. The lowest BCUT2D eigenvalue weighted by atomic mass is 10.1. The predicted molar refractivity (Wildman–Crippen MR) is 85.0 cm³/mol. The molecule has 0 spiro atoms. The zero-order valence-electron chi connectivity index (χ0n) is 12.1. The Hall–Kier alpha value is -2.22. The fourth-order valence-electron chi connectivity index (χ4n) is 2.13. The van der Waals surface area contributed by atoms with Crippen molar-refractivity contribution in [3.63, 3.8) is 0 Å². The van der Waals surface area contributed by atoms with Gasteiger partial charge in [0, 0.05) is 17.7 Å². The van der Waals surface area contributed by atoms with Gasteiger partial charge in [-0.05, 0) is 13.8 Å². The Morgan fingerprint density at radius 1 is 0.850 bits per heavy atom. The van der Waals surface area contributed by atoms with Gasteiger partial charge in [0.2, 0.25) is 0 Å². The Labute approximate surface area is 121 Å². The number of rotatable bonds is 6. The van der Waals surface area contributed by atoms with Crippen LogP contribution < -0.4 is 5.32 Å². The molecule has 0 atom stereocenters. The van der Waals surface area contributed by atoms with E-state index in [1.807, 2.05) is 43.3 Å². The van der Waals surface area contributed by atoms with Gasteiger partial charge in [-0.25, -0.2) is 0 Å². The molecule has 0 aliphatic heterocycles. The molecule has 0 aliphatic carbocycles. The maximum Gasteiger partial charge on any atom is 0.150 e. The smallest absolute Gasteiger partial charge is 0.150 e. The molecule has 20 heavy (non-hydrogen) atoms. The average molecular weight is 267 g/mol. The molecular weight excluding hydrogens is 246 g/mol. The molecule has 0 fully saturated rings. The van der Waals surface area contributed by atoms with Crippen LogP contribution in [0.25, 0.3) is 11.5 Å². The van der Waals surface area contributed by atoms with E-state index in [-0.39, 0.29) is 0 Å². The van der Waals surface area contributed by atoms with E-state index in [2.05, 4.69) is 36.5 Å². The van der Waals surface area contributed by atoms with Crippen molar-refractivity contribution in [2.75, 3.05) is 13.2 Å². The largest absolute Gasteiger partial charge is 0.491 e. The van der Waals surface area contributed by atoms with Gasteiger partial charge in [-0.1, -0.05) is 60.7 Å². The summed E-state index contributed by atoms with van der Waals surface area (Å²) in [4.78, 5) is 0. The highest BCUT2D eigenvalue weighted by Crippen LogP contribution is 2.25. The number of hydrogen-bond donors (Lipinski definition) is 1. The summed E-state index contributed by atoms with van der Waals surface area (Å²) in [5.41, 5.74) is 3.27. The van der Waals surface area contributed by atoms with Gasteiger partial charge in [-0.15, -0.1) is 0 Å². The molecular formula is C18H21NO. The third-order valence-electron chi connectivity index (χ3n) is 2.97. The average Bonchev–Trinajstić information content (AvgIpc) is 2.52. The minimum Gasteiger partial charge on any atom is -0.491 e. The van der Waals surface area contributed by atoms with Gasteiger partial charge in [-0.2, -0.15) is 0 Å². The van der Waals surface area contributed by atoms with Gasteiger partial charge in [-0.3, -0.25) is 0 Å². The first-order valence-corrected chi connectivity index (χ1v) is 7.08. The van der Waals surface area contributed by atoms with Crippen LogP contribution in [-0.4, -0.2) is 13.2 Å². The minimum absolute atomic E-state index is 0.645. The zero-order chi connectivity index (χ0) is 14.2. The fourth-order valence-corrected chi connectivity index (χ4v) is 2.13. The Morgan fingerprint density at radius 2 is 1.40 bits per heavy atom. The van der Waals surface area contributed by atoms with Crippen molar-refractivity contribution in [3.8, 4) is 0 Å². The summed E-state index contributed by atoms with van der Waals surface area (Å²) in [6, 6.07) is 20.5. The predicted octanol–water partition coefficient (Wildman–Crippen LogP) is 4.16. The Kier molecular flexibility index (Phi) is 5.24. The van der Waals surface area contributed by atoms with Crippen LogP contribution >= 0.6 is 0 Å². The molecule has 0 amide bonds. The molecule has 2 rings (SSSR count). The lowest BCUT2D eigenvalue weighted by molar-refractivity contribution is 0.298. The van der Waals surface area contributed by atoms with Gasteiger partial charge >= 0.3 is 0 Å². The minimum atomic E-state index is 0.645. The molecule has 0 heterocycles. The summed E-state index contributed by atoms with van der Waals surface area (Å²) in [5, 5.41) is 3.44.